The van der Waals surface area contributed by atoms with E-state index in [1.54, 1.807) is 25.1 Å². The number of phenolic OH excluding ortho intramolecular Hbond substituents is 1. The molecular formula is C31H44BN4O6. The molecule has 42 heavy (non-hydrogen) atoms. The van der Waals surface area contributed by atoms with Gasteiger partial charge in [-0.3, -0.25) is 0 Å². The van der Waals surface area contributed by atoms with Crippen molar-refractivity contribution in [1.29, 1.82) is 0 Å². The second-order valence-electron chi connectivity index (χ2n) is 12.9. The molecule has 1 fully saturated rings. The Morgan fingerprint density at radius 3 is 2.29 bits per heavy atom. The number of nitrogens with zero attached hydrogens (tertiary/aromatic N) is 3. The second kappa shape index (κ2) is 10.8. The third-order valence-electron chi connectivity index (χ3n) is 9.79. The summed E-state index contributed by atoms with van der Waals surface area (Å²) in [5.41, 5.74) is 4.56. The number of hydrogen-bond acceptors (Lipinski definition) is 9. The summed E-state index contributed by atoms with van der Waals surface area (Å²) in [4.78, 5) is 32.4. The molecule has 1 aromatic rings. The van der Waals surface area contributed by atoms with Gasteiger partial charge >= 0.3 is 215 Å². The number of rotatable bonds is 8. The van der Waals surface area contributed by atoms with E-state index in [2.05, 4.69) is 32.6 Å². The van der Waals surface area contributed by atoms with Crippen LogP contribution in [0.1, 0.15) is 57.2 Å². The van der Waals surface area contributed by atoms with E-state index in [9.17, 15) is 30.0 Å². The zero-order valence-corrected chi connectivity index (χ0v) is 25.9. The van der Waals surface area contributed by atoms with Gasteiger partial charge in [0.25, 0.3) is 0 Å². The van der Waals surface area contributed by atoms with Crippen molar-refractivity contribution >= 4 is 36.1 Å². The van der Waals surface area contributed by atoms with Crippen LogP contribution in [0.2, 0.25) is 0 Å². The second-order valence-corrected chi connectivity index (χ2v) is 12.9. The molecule has 1 saturated carbocycles. The monoisotopic (exact) mass is 579 g/mol. The van der Waals surface area contributed by atoms with Crippen LogP contribution in [-0.4, -0.2) is 107 Å². The van der Waals surface area contributed by atoms with Crippen molar-refractivity contribution in [2.45, 2.75) is 70.7 Å². The molecule has 0 spiro atoms. The summed E-state index contributed by atoms with van der Waals surface area (Å²) in [5, 5.41) is 46.0. The fourth-order valence-electron chi connectivity index (χ4n) is 7.33. The zero-order valence-electron chi connectivity index (χ0n) is 25.9. The van der Waals surface area contributed by atoms with Gasteiger partial charge in [-0.1, -0.05) is 13.8 Å². The van der Waals surface area contributed by atoms with E-state index in [0.717, 1.165) is 24.2 Å². The number of primary amides is 1. The number of ketones is 1. The van der Waals surface area contributed by atoms with E-state index in [4.69, 9.17) is 13.2 Å². The number of aliphatic hydroxyl groups excluding tert-OH is 2. The van der Waals surface area contributed by atoms with Crippen molar-refractivity contribution in [3.05, 3.63) is 39.7 Å². The molecule has 0 aromatic heterocycles. The quantitative estimate of drug-likeness (QED) is 0.291. The fourth-order valence-corrected chi connectivity index (χ4v) is 7.33. The van der Waals surface area contributed by atoms with Gasteiger partial charge in [-0.15, -0.1) is 0 Å². The molecule has 1 amide bonds. The number of nitrogens with two attached hydrogens (primary N) is 1. The Hall–Kier alpha value is -3.15. The van der Waals surface area contributed by atoms with Gasteiger partial charge in [0.05, 0.1) is 0 Å². The minimum atomic E-state index is -2.39. The molecule has 11 heteroatoms. The summed E-state index contributed by atoms with van der Waals surface area (Å²) in [5.74, 6) is -4.38. The molecule has 4 atom stereocenters. The van der Waals surface area contributed by atoms with E-state index in [1.165, 1.54) is 0 Å². The average Bonchev–Trinajstić information content (AvgIpc) is 2.88. The van der Waals surface area contributed by atoms with Crippen LogP contribution >= 0.6 is 0 Å². The molecule has 0 bridgehead atoms. The zero-order chi connectivity index (χ0) is 31.6. The van der Waals surface area contributed by atoms with Gasteiger partial charge in [0.1, 0.15) is 0 Å². The van der Waals surface area contributed by atoms with E-state index >= 15 is 0 Å². The van der Waals surface area contributed by atoms with Gasteiger partial charge in [0.15, 0.2) is 0 Å². The number of aliphatic hydroxyl groups is 3. The van der Waals surface area contributed by atoms with E-state index in [1.807, 2.05) is 19.0 Å². The summed E-state index contributed by atoms with van der Waals surface area (Å²) in [6.07, 6.45) is 1.41. The van der Waals surface area contributed by atoms with E-state index in [-0.39, 0.29) is 28.8 Å². The van der Waals surface area contributed by atoms with Crippen molar-refractivity contribution in [2.75, 3.05) is 39.6 Å². The molecule has 6 N–H and O–H groups in total. The van der Waals surface area contributed by atoms with Gasteiger partial charge in [-0.2, -0.15) is 0 Å². The molecule has 3 aliphatic rings. The van der Waals surface area contributed by atoms with Crippen molar-refractivity contribution in [3.8, 4) is 5.75 Å². The number of benzene rings is 1. The molecule has 4 rings (SSSR count). The summed E-state index contributed by atoms with van der Waals surface area (Å²) >= 11 is 0. The molecule has 0 saturated heterocycles. The molecule has 1 aromatic carbocycles. The molecule has 10 nitrogen and oxygen atoms in total. The molecule has 0 heterocycles. The number of carbonyl (C=O) groups excluding carboxylic acids is 2. The van der Waals surface area contributed by atoms with Crippen LogP contribution in [0.3, 0.4) is 0 Å². The first-order chi connectivity index (χ1) is 19.4. The van der Waals surface area contributed by atoms with Crippen molar-refractivity contribution in [2.24, 2.45) is 17.6 Å². The Bertz CT molecular complexity index is 1410. The number of Topliss-reactive ketones (excluding diaryl/α,β-unsaturated/α-hetero) is 1. The maximum atomic E-state index is 14.2. The Morgan fingerprint density at radius 2 is 1.79 bits per heavy atom. The average molecular weight is 580 g/mol. The van der Waals surface area contributed by atoms with Crippen molar-refractivity contribution in [3.63, 3.8) is 0 Å². The first kappa shape index (κ1) is 31.8. The van der Waals surface area contributed by atoms with Gasteiger partial charge in [0.2, 0.25) is 0 Å². The van der Waals surface area contributed by atoms with Crippen molar-refractivity contribution < 1.29 is 30.0 Å². The van der Waals surface area contributed by atoms with Crippen LogP contribution in [0, 0.1) is 11.8 Å². The maximum absolute atomic E-state index is 14.2. The number of phenols is 1. The van der Waals surface area contributed by atoms with Crippen LogP contribution in [0.15, 0.2) is 23.0 Å². The summed E-state index contributed by atoms with van der Waals surface area (Å²) in [6.45, 7) is 9.97. The number of likely N-dealkylation sites (N-methyl/N-ethyl adjacent to an activating group) is 1. The Balaban J connectivity index is 1.93. The number of hydrogen-bond donors (Lipinski definition) is 5. The first-order valence-corrected chi connectivity index (χ1v) is 14.5. The number of amides is 1. The van der Waals surface area contributed by atoms with E-state index < -0.39 is 57.7 Å². The number of anilines is 1. The molecule has 3 aliphatic carbocycles. The molecular weight excluding hydrogens is 535 g/mol. The molecule has 0 unspecified atom stereocenters. The Kier molecular flexibility index (Phi) is 8.21. The van der Waals surface area contributed by atoms with Gasteiger partial charge in [0, 0.05) is 0 Å². The van der Waals surface area contributed by atoms with Crippen LogP contribution < -0.4 is 10.6 Å². The summed E-state index contributed by atoms with van der Waals surface area (Å²) in [7, 11) is 13.4. The van der Waals surface area contributed by atoms with Gasteiger partial charge in [-0.25, -0.2) is 0 Å². The number of carbonyl (C=O) groups is 2. The van der Waals surface area contributed by atoms with Crippen LogP contribution in [0.5, 0.6) is 5.75 Å². The standard InChI is InChI=1S/C31H44BN4O6/c1-9-30(3,4)36(10-2)14-16-13-19(37)21-17(23(16)34(5)6)11-15-12-18-24(35(7)8)26(39)22(29(33)41)27(32)31(18,42)28(40)20(15)25(21)38/h13,15,18,24,37-39,42H,9-12,14H2,1-8H3,(H2,33,41)/t15-,18-,24-,31+/m0/s1. The topological polar surface area (TPSA) is 151 Å². The van der Waals surface area contributed by atoms with Gasteiger partial charge < -0.3 is 0 Å². The summed E-state index contributed by atoms with van der Waals surface area (Å²) < 4.78 is 0. The molecule has 0 aliphatic heterocycles. The molecule has 227 valence electrons. The van der Waals surface area contributed by atoms with Crippen LogP contribution in [0.25, 0.3) is 5.76 Å². The third-order valence-corrected chi connectivity index (χ3v) is 9.79. The molecule has 1 radical (unpaired) electrons. The first-order valence-electron chi connectivity index (χ1n) is 14.5. The SMILES string of the molecule is [B]=C1C(C(N)=O)=C(O)[C@@H](N(C)C)[C@@H]2C[C@@H]3Cc4c(c(O)cc(CN(CC)C(C)(C)CC)c4N(C)C)C(O)=C3C(=O)[C@]12O. The number of aromatic hydroxyl groups is 1. The van der Waals surface area contributed by atoms with Crippen LogP contribution in [-0.2, 0) is 22.6 Å². The predicted molar refractivity (Wildman–Crippen MR) is 165 cm³/mol. The predicted octanol–water partition coefficient (Wildman–Crippen LogP) is 1.81. The Morgan fingerprint density at radius 1 is 1.17 bits per heavy atom. The van der Waals surface area contributed by atoms with Gasteiger partial charge in [-0.05, 0) is 20.3 Å². The normalized spacial score (nSPS) is 26.0. The van der Waals surface area contributed by atoms with Crippen molar-refractivity contribution in [1.82, 2.24) is 9.80 Å². The minimum absolute atomic E-state index is 0.0537. The van der Waals surface area contributed by atoms with Crippen LogP contribution in [0.4, 0.5) is 5.69 Å². The fraction of sp³-hybridized carbons (Fsp3) is 0.581. The number of fused-ring (bicyclic) bond motifs is 3. The Labute approximate surface area is 249 Å². The summed E-state index contributed by atoms with van der Waals surface area (Å²) in [6, 6.07) is 0.709. The third kappa shape index (κ3) is 4.57. The van der Waals surface area contributed by atoms with E-state index in [0.29, 0.717) is 18.5 Å².